The molecule has 8 bridgehead atoms. The molecule has 7 nitrogen and oxygen atoms in total. The third-order valence-corrected chi connectivity index (χ3v) is 13.5. The molecule has 0 aliphatic carbocycles. The fourth-order valence-corrected chi connectivity index (χ4v) is 10.1. The van der Waals surface area contributed by atoms with E-state index in [1.54, 1.807) is 0 Å². The second kappa shape index (κ2) is 14.6. The first kappa shape index (κ1) is 39.5. The zero-order valence-electron chi connectivity index (χ0n) is 36.6. The molecule has 0 saturated carbocycles. The van der Waals surface area contributed by atoms with Crippen molar-refractivity contribution in [3.63, 3.8) is 0 Å². The van der Waals surface area contributed by atoms with Crippen LogP contribution in [0.4, 0.5) is 0 Å². The molecule has 9 aromatic carbocycles. The largest absolute Gasteiger partial charge is 2.00 e. The zero-order chi connectivity index (χ0) is 43.8. The van der Waals surface area contributed by atoms with Gasteiger partial charge in [0.05, 0.1) is 23.2 Å². The van der Waals surface area contributed by atoms with Crippen LogP contribution in [0, 0.1) is 0 Å². The molecular weight excluding hydrogens is 1000 g/mol. The second-order valence-electron chi connectivity index (χ2n) is 18.6. The first-order valence-corrected chi connectivity index (χ1v) is 22.4. The van der Waals surface area contributed by atoms with Gasteiger partial charge in [0.2, 0.25) is 0 Å². The summed E-state index contributed by atoms with van der Waals surface area (Å²) < 4.78 is 0. The Kier molecular flexibility index (Phi) is 8.59. The Morgan fingerprint density at radius 2 is 0.716 bits per heavy atom. The van der Waals surface area contributed by atoms with Gasteiger partial charge in [0.25, 0.3) is 0 Å². The van der Waals surface area contributed by atoms with Gasteiger partial charge in [0.15, 0.2) is 0 Å². The van der Waals surface area contributed by atoms with Crippen molar-refractivity contribution in [2.75, 3.05) is 0 Å². The fourth-order valence-electron chi connectivity index (χ4n) is 10.1. The SMILES string of the molecule is CC(C)(C)c1ccc(-c2c3nc(nc4[n-]c(nc5nc(nc6[n-]c2c2cc7ccccc7cc62)-c2cc6ccccc6cc2-5)c2cc5ccccc5cc42)-c2cc4ccccc4cc2-3)cc1.[Pt+2]. The van der Waals surface area contributed by atoms with Crippen LogP contribution in [0.1, 0.15) is 26.3 Å². The van der Waals surface area contributed by atoms with Crippen LogP contribution in [-0.2, 0) is 26.5 Å². The van der Waals surface area contributed by atoms with Gasteiger partial charge in [-0.15, -0.1) is 0 Å². The van der Waals surface area contributed by atoms with E-state index in [0.29, 0.717) is 34.4 Å². The molecular formula is C59H37N7Pt. The quantitative estimate of drug-likeness (QED) is 0.162. The van der Waals surface area contributed by atoms with E-state index in [4.69, 9.17) is 34.9 Å². The number of aromatic nitrogens is 7. The first-order chi connectivity index (χ1) is 32.3. The predicted molar refractivity (Wildman–Crippen MR) is 270 cm³/mol. The summed E-state index contributed by atoms with van der Waals surface area (Å²) in [6.07, 6.45) is 0. The van der Waals surface area contributed by atoms with Gasteiger partial charge < -0.3 is 24.9 Å². The zero-order valence-corrected chi connectivity index (χ0v) is 38.9. The van der Waals surface area contributed by atoms with Gasteiger partial charge in [-0.2, -0.15) is 0 Å². The van der Waals surface area contributed by atoms with Gasteiger partial charge in [-0.3, -0.25) is 0 Å². The third-order valence-electron chi connectivity index (χ3n) is 13.5. The van der Waals surface area contributed by atoms with E-state index in [0.717, 1.165) is 109 Å². The molecule has 0 spiro atoms. The molecule has 3 aromatic heterocycles. The van der Waals surface area contributed by atoms with Crippen molar-refractivity contribution in [2.45, 2.75) is 26.2 Å². The van der Waals surface area contributed by atoms with Crippen molar-refractivity contribution >= 4 is 87.1 Å². The number of hydrogen-bond acceptors (Lipinski definition) is 5. The third kappa shape index (κ3) is 6.18. The molecule has 318 valence electrons. The summed E-state index contributed by atoms with van der Waals surface area (Å²) in [5.41, 5.74) is 10.0. The Labute approximate surface area is 398 Å². The normalized spacial score (nSPS) is 12.3. The van der Waals surface area contributed by atoms with E-state index in [1.165, 1.54) is 5.56 Å². The van der Waals surface area contributed by atoms with E-state index in [2.05, 4.69) is 191 Å². The molecule has 8 heteroatoms. The second-order valence-corrected chi connectivity index (χ2v) is 18.6. The minimum Gasteiger partial charge on any atom is -0.435 e. The molecule has 2 aliphatic heterocycles. The summed E-state index contributed by atoms with van der Waals surface area (Å²) >= 11 is 0. The summed E-state index contributed by atoms with van der Waals surface area (Å²) in [6, 6.07) is 60.3. The Balaban J connectivity index is 0.00000446. The summed E-state index contributed by atoms with van der Waals surface area (Å²) in [4.78, 5) is 38.0. The van der Waals surface area contributed by atoms with Crippen molar-refractivity contribution in [3.8, 4) is 56.5 Å². The van der Waals surface area contributed by atoms with Crippen molar-refractivity contribution in [2.24, 2.45) is 0 Å². The molecule has 0 fully saturated rings. The van der Waals surface area contributed by atoms with Crippen LogP contribution >= 0.6 is 0 Å². The predicted octanol–water partition coefficient (Wildman–Crippen LogP) is 14.3. The van der Waals surface area contributed by atoms with Gasteiger partial charge in [-0.1, -0.05) is 142 Å². The standard InChI is InChI=1S/C59H37N7.Pt/c1-59(2,3)41-22-20-32(21-23-41)50-51-42-24-33-12-4-6-14-35(33)26-44(42)53(60-51)62-55-46-28-37-16-8-10-18-39(37)30-48(46)57(64-55)66-58-49-31-40-19-11-9-17-38(40)29-47(49)56(65-58)63-54-45-27-36-15-7-5-13-34(36)25-43(45)52(50)61-54;/h4-31H,1-3H3;/q-2;+2. The van der Waals surface area contributed by atoms with Crippen LogP contribution in [-0.4, -0.2) is 24.9 Å². The van der Waals surface area contributed by atoms with Crippen molar-refractivity contribution < 1.29 is 21.1 Å². The number of rotatable bonds is 1. The molecule has 14 rings (SSSR count). The molecule has 0 atom stereocenters. The smallest absolute Gasteiger partial charge is 0.435 e. The summed E-state index contributed by atoms with van der Waals surface area (Å²) in [5.74, 6) is 1.67. The maximum Gasteiger partial charge on any atom is 2.00 e. The van der Waals surface area contributed by atoms with E-state index >= 15 is 0 Å². The van der Waals surface area contributed by atoms with Crippen molar-refractivity contribution in [1.29, 1.82) is 0 Å². The average Bonchev–Trinajstić information content (AvgIpc) is 4.06. The van der Waals surface area contributed by atoms with E-state index in [-0.39, 0.29) is 26.5 Å². The monoisotopic (exact) mass is 1040 g/mol. The molecule has 5 heterocycles. The summed E-state index contributed by atoms with van der Waals surface area (Å²) in [6.45, 7) is 6.74. The average molecular weight is 1040 g/mol. The van der Waals surface area contributed by atoms with Crippen molar-refractivity contribution in [3.05, 3.63) is 175 Å². The van der Waals surface area contributed by atoms with Gasteiger partial charge in [-0.05, 0) is 141 Å². The van der Waals surface area contributed by atoms with Gasteiger partial charge in [0.1, 0.15) is 0 Å². The van der Waals surface area contributed by atoms with Crippen LogP contribution in [0.25, 0.3) is 144 Å². The molecule has 0 saturated heterocycles. The number of hydrogen-bond donors (Lipinski definition) is 0. The molecule has 0 N–H and O–H groups in total. The van der Waals surface area contributed by atoms with Gasteiger partial charge in [-0.25, -0.2) is 9.97 Å². The van der Waals surface area contributed by atoms with Crippen molar-refractivity contribution in [1.82, 2.24) is 34.9 Å². The van der Waals surface area contributed by atoms with E-state index in [1.807, 2.05) is 0 Å². The fraction of sp³-hybridized carbons (Fsp3) is 0.0678. The maximum atomic E-state index is 5.61. The molecule has 0 unspecified atom stereocenters. The topological polar surface area (TPSA) is 92.7 Å². The maximum absolute atomic E-state index is 5.61. The molecule has 12 aromatic rings. The van der Waals surface area contributed by atoms with E-state index < -0.39 is 0 Å². The Morgan fingerprint density at radius 3 is 1.16 bits per heavy atom. The number of fused-ring (bicyclic) bond motifs is 24. The van der Waals surface area contributed by atoms with Crippen LogP contribution in [0.5, 0.6) is 0 Å². The molecule has 0 amide bonds. The summed E-state index contributed by atoms with van der Waals surface area (Å²) in [5, 5.41) is 12.5. The number of benzene rings is 9. The van der Waals surface area contributed by atoms with E-state index in [9.17, 15) is 0 Å². The Morgan fingerprint density at radius 1 is 0.358 bits per heavy atom. The first-order valence-electron chi connectivity index (χ1n) is 22.4. The molecule has 67 heavy (non-hydrogen) atoms. The van der Waals surface area contributed by atoms with Crippen LogP contribution in [0.3, 0.4) is 0 Å². The van der Waals surface area contributed by atoms with Crippen LogP contribution in [0.2, 0.25) is 0 Å². The summed E-state index contributed by atoms with van der Waals surface area (Å²) in [7, 11) is 0. The Bertz CT molecular complexity index is 4270. The Hall–Kier alpha value is -7.86. The minimum atomic E-state index is -0.0403. The molecule has 2 aliphatic rings. The molecule has 0 radical (unpaired) electrons. The van der Waals surface area contributed by atoms with Gasteiger partial charge >= 0.3 is 21.1 Å². The van der Waals surface area contributed by atoms with Crippen LogP contribution < -0.4 is 9.97 Å². The van der Waals surface area contributed by atoms with Crippen LogP contribution in [0.15, 0.2) is 170 Å². The number of nitrogens with zero attached hydrogens (tertiary/aromatic N) is 7. The minimum absolute atomic E-state index is 0. The van der Waals surface area contributed by atoms with Gasteiger partial charge in [0, 0.05) is 39.1 Å².